The Morgan fingerprint density at radius 3 is 2.74 bits per heavy atom. The van der Waals surface area contributed by atoms with Gasteiger partial charge >= 0.3 is 0 Å². The van der Waals surface area contributed by atoms with E-state index in [0.29, 0.717) is 12.6 Å². The van der Waals surface area contributed by atoms with E-state index in [1.54, 1.807) is 0 Å². The van der Waals surface area contributed by atoms with Gasteiger partial charge in [0.25, 0.3) is 0 Å². The second kappa shape index (κ2) is 7.82. The highest BCUT2D eigenvalue weighted by molar-refractivity contribution is 5.78. The zero-order chi connectivity index (χ0) is 13.5. The molecule has 110 valence electrons. The second-order valence-electron chi connectivity index (χ2n) is 5.42. The van der Waals surface area contributed by atoms with Crippen molar-refractivity contribution in [1.29, 1.82) is 0 Å². The molecule has 1 N–H and O–H groups in total. The van der Waals surface area contributed by atoms with E-state index < -0.39 is 0 Å². The second-order valence-corrected chi connectivity index (χ2v) is 5.42. The van der Waals surface area contributed by atoms with Crippen LogP contribution in [0.15, 0.2) is 0 Å². The van der Waals surface area contributed by atoms with Gasteiger partial charge in [0.05, 0.1) is 12.6 Å². The fourth-order valence-corrected chi connectivity index (χ4v) is 2.86. The van der Waals surface area contributed by atoms with Crippen LogP contribution in [0, 0.1) is 0 Å². The molecule has 5 nitrogen and oxygen atoms in total. The highest BCUT2D eigenvalue weighted by atomic mass is 16.5. The summed E-state index contributed by atoms with van der Waals surface area (Å²) in [5.41, 5.74) is 0. The normalized spacial score (nSPS) is 23.3. The lowest BCUT2D eigenvalue weighted by molar-refractivity contribution is -0.134. The molecule has 0 unspecified atom stereocenters. The van der Waals surface area contributed by atoms with E-state index in [2.05, 4.69) is 10.2 Å². The highest BCUT2D eigenvalue weighted by Crippen LogP contribution is 2.14. The van der Waals surface area contributed by atoms with Crippen molar-refractivity contribution in [1.82, 2.24) is 15.1 Å². The van der Waals surface area contributed by atoms with Gasteiger partial charge in [0.15, 0.2) is 0 Å². The number of ether oxygens (including phenoxy) is 1. The first kappa shape index (κ1) is 14.8. The standard InChI is InChI=1S/C14H27N3O2/c1-2-19-13-4-9-17(10-5-13)14(18)12-16-8-3-6-15-7-11-16/h13,15H,2-12H2,1H3. The fourth-order valence-electron chi connectivity index (χ4n) is 2.86. The van der Waals surface area contributed by atoms with Crippen LogP contribution >= 0.6 is 0 Å². The van der Waals surface area contributed by atoms with E-state index in [1.165, 1.54) is 0 Å². The maximum absolute atomic E-state index is 12.3. The van der Waals surface area contributed by atoms with Gasteiger partial charge in [0.2, 0.25) is 5.91 Å². The van der Waals surface area contributed by atoms with Crippen LogP contribution in [0.25, 0.3) is 0 Å². The van der Waals surface area contributed by atoms with Crippen LogP contribution in [0.1, 0.15) is 26.2 Å². The van der Waals surface area contributed by atoms with Gasteiger partial charge in [0, 0.05) is 32.8 Å². The van der Waals surface area contributed by atoms with Gasteiger partial charge < -0.3 is 15.0 Å². The van der Waals surface area contributed by atoms with E-state index in [9.17, 15) is 4.79 Å². The minimum Gasteiger partial charge on any atom is -0.378 e. The predicted molar refractivity (Wildman–Crippen MR) is 75.2 cm³/mol. The highest BCUT2D eigenvalue weighted by Gasteiger charge is 2.24. The van der Waals surface area contributed by atoms with Crippen LogP contribution in [0.2, 0.25) is 0 Å². The number of nitrogens with zero attached hydrogens (tertiary/aromatic N) is 2. The van der Waals surface area contributed by atoms with Crippen molar-refractivity contribution in [2.45, 2.75) is 32.3 Å². The number of likely N-dealkylation sites (tertiary alicyclic amines) is 1. The molecule has 0 saturated carbocycles. The Balaban J connectivity index is 1.71. The Morgan fingerprint density at radius 2 is 2.00 bits per heavy atom. The van der Waals surface area contributed by atoms with Crippen LogP contribution < -0.4 is 5.32 Å². The third kappa shape index (κ3) is 4.75. The first-order valence-electron chi connectivity index (χ1n) is 7.62. The molecule has 0 atom stereocenters. The molecule has 0 radical (unpaired) electrons. The topological polar surface area (TPSA) is 44.8 Å². The van der Waals surface area contributed by atoms with Crippen molar-refractivity contribution in [2.24, 2.45) is 0 Å². The van der Waals surface area contributed by atoms with Gasteiger partial charge in [0.1, 0.15) is 0 Å². The molecule has 0 spiro atoms. The van der Waals surface area contributed by atoms with Crippen LogP contribution in [0.4, 0.5) is 0 Å². The fraction of sp³-hybridized carbons (Fsp3) is 0.929. The molecule has 2 heterocycles. The lowest BCUT2D eigenvalue weighted by Gasteiger charge is -2.33. The lowest BCUT2D eigenvalue weighted by atomic mass is 10.1. The Labute approximate surface area is 116 Å². The molecule has 2 fully saturated rings. The summed E-state index contributed by atoms with van der Waals surface area (Å²) in [6, 6.07) is 0. The molecule has 2 aliphatic heterocycles. The summed E-state index contributed by atoms with van der Waals surface area (Å²) < 4.78 is 5.62. The molecule has 2 rings (SSSR count). The molecule has 19 heavy (non-hydrogen) atoms. The smallest absolute Gasteiger partial charge is 0.236 e. The van der Waals surface area contributed by atoms with Crippen LogP contribution in [0.5, 0.6) is 0 Å². The maximum atomic E-state index is 12.3. The van der Waals surface area contributed by atoms with Crippen LogP contribution in [0.3, 0.4) is 0 Å². The summed E-state index contributed by atoms with van der Waals surface area (Å²) in [6.07, 6.45) is 3.47. The van der Waals surface area contributed by atoms with Crippen molar-refractivity contribution in [3.63, 3.8) is 0 Å². The summed E-state index contributed by atoms with van der Waals surface area (Å²) in [7, 11) is 0. The van der Waals surface area contributed by atoms with E-state index in [1.807, 2.05) is 11.8 Å². The maximum Gasteiger partial charge on any atom is 0.236 e. The number of hydrogen-bond donors (Lipinski definition) is 1. The van der Waals surface area contributed by atoms with Crippen molar-refractivity contribution < 1.29 is 9.53 Å². The van der Waals surface area contributed by atoms with Crippen molar-refractivity contribution >= 4 is 5.91 Å². The van der Waals surface area contributed by atoms with Gasteiger partial charge in [-0.25, -0.2) is 0 Å². The van der Waals surface area contributed by atoms with E-state index in [4.69, 9.17) is 4.74 Å². The molecule has 0 aromatic heterocycles. The van der Waals surface area contributed by atoms with Gasteiger partial charge in [-0.15, -0.1) is 0 Å². The molecule has 1 amide bonds. The molecule has 5 heteroatoms. The third-order valence-electron chi connectivity index (χ3n) is 3.99. The molecule has 2 aliphatic rings. The largest absolute Gasteiger partial charge is 0.378 e. The zero-order valence-corrected chi connectivity index (χ0v) is 12.1. The van der Waals surface area contributed by atoms with E-state index >= 15 is 0 Å². The van der Waals surface area contributed by atoms with Crippen LogP contribution in [-0.4, -0.2) is 74.2 Å². The zero-order valence-electron chi connectivity index (χ0n) is 12.1. The lowest BCUT2D eigenvalue weighted by Crippen LogP contribution is -2.46. The summed E-state index contributed by atoms with van der Waals surface area (Å²) in [5, 5.41) is 3.37. The van der Waals surface area contributed by atoms with Gasteiger partial charge in [-0.3, -0.25) is 9.69 Å². The Hall–Kier alpha value is -0.650. The van der Waals surface area contributed by atoms with Crippen molar-refractivity contribution in [2.75, 3.05) is 52.4 Å². The van der Waals surface area contributed by atoms with E-state index in [-0.39, 0.29) is 5.91 Å². The average Bonchev–Trinajstić information content (AvgIpc) is 2.68. The summed E-state index contributed by atoms with van der Waals surface area (Å²) in [6.45, 7) is 9.20. The van der Waals surface area contributed by atoms with Crippen LogP contribution in [-0.2, 0) is 9.53 Å². The first-order valence-corrected chi connectivity index (χ1v) is 7.62. The number of carbonyl (C=O) groups excluding carboxylic acids is 1. The minimum atomic E-state index is 0.289. The van der Waals surface area contributed by atoms with E-state index in [0.717, 1.165) is 65.1 Å². The van der Waals surface area contributed by atoms with Crippen molar-refractivity contribution in [3.8, 4) is 0 Å². The third-order valence-corrected chi connectivity index (χ3v) is 3.99. The number of hydrogen-bond acceptors (Lipinski definition) is 4. The predicted octanol–water partition coefficient (Wildman–Crippen LogP) is 0.309. The number of amides is 1. The summed E-state index contributed by atoms with van der Waals surface area (Å²) >= 11 is 0. The number of carbonyl (C=O) groups is 1. The molecule has 2 saturated heterocycles. The Bertz CT molecular complexity index is 270. The molecule has 0 bridgehead atoms. The molecule has 0 aromatic carbocycles. The molecule has 0 aromatic rings. The summed E-state index contributed by atoms with van der Waals surface area (Å²) in [4.78, 5) is 16.5. The molecular weight excluding hydrogens is 242 g/mol. The molecular formula is C14H27N3O2. The van der Waals surface area contributed by atoms with Gasteiger partial charge in [-0.05, 0) is 39.3 Å². The first-order chi connectivity index (χ1) is 9.29. The van der Waals surface area contributed by atoms with Gasteiger partial charge in [-0.1, -0.05) is 0 Å². The van der Waals surface area contributed by atoms with Crippen molar-refractivity contribution in [3.05, 3.63) is 0 Å². The SMILES string of the molecule is CCOC1CCN(C(=O)CN2CCCNCC2)CC1. The molecule has 0 aliphatic carbocycles. The average molecular weight is 269 g/mol. The Morgan fingerprint density at radius 1 is 1.21 bits per heavy atom. The monoisotopic (exact) mass is 269 g/mol. The number of nitrogens with one attached hydrogen (secondary N) is 1. The Kier molecular flexibility index (Phi) is 6.07. The number of rotatable bonds is 4. The quantitative estimate of drug-likeness (QED) is 0.798. The minimum absolute atomic E-state index is 0.289. The van der Waals surface area contributed by atoms with Gasteiger partial charge in [-0.2, -0.15) is 0 Å². The number of piperidine rings is 1. The summed E-state index contributed by atoms with van der Waals surface area (Å²) in [5.74, 6) is 0.289.